The van der Waals surface area contributed by atoms with Gasteiger partial charge in [0, 0.05) is 29.4 Å². The van der Waals surface area contributed by atoms with E-state index < -0.39 is 0 Å². The maximum atomic E-state index is 4.97. The summed E-state index contributed by atoms with van der Waals surface area (Å²) >= 11 is 1.96. The highest BCUT2D eigenvalue weighted by Gasteiger charge is 2.25. The van der Waals surface area contributed by atoms with Crippen LogP contribution in [-0.4, -0.2) is 24.6 Å². The van der Waals surface area contributed by atoms with Crippen molar-refractivity contribution in [3.63, 3.8) is 0 Å². The van der Waals surface area contributed by atoms with Crippen LogP contribution >= 0.6 is 11.3 Å². The summed E-state index contributed by atoms with van der Waals surface area (Å²) in [5.41, 5.74) is 2.70. The molecule has 0 bridgehead atoms. The second-order valence-electron chi connectivity index (χ2n) is 5.95. The molecular weight excluding hydrogens is 278 g/mol. The lowest BCUT2D eigenvalue weighted by Gasteiger charge is -2.28. The summed E-state index contributed by atoms with van der Waals surface area (Å²) in [4.78, 5) is 8.93. The van der Waals surface area contributed by atoms with Crippen molar-refractivity contribution in [3.8, 4) is 0 Å². The first-order valence-corrected chi connectivity index (χ1v) is 8.71. The second-order valence-corrected chi connectivity index (χ2v) is 7.07. The van der Waals surface area contributed by atoms with Gasteiger partial charge in [-0.2, -0.15) is 0 Å². The summed E-state index contributed by atoms with van der Waals surface area (Å²) in [6, 6.07) is 10.7. The van der Waals surface area contributed by atoms with Crippen molar-refractivity contribution in [2.24, 2.45) is 0 Å². The molecule has 1 aromatic carbocycles. The number of fused-ring (bicyclic) bond motifs is 1. The zero-order valence-electron chi connectivity index (χ0n) is 12.2. The minimum atomic E-state index is 0.687. The van der Waals surface area contributed by atoms with Gasteiger partial charge in [0.2, 0.25) is 0 Å². The Labute approximate surface area is 130 Å². The lowest BCUT2D eigenvalue weighted by atomic mass is 9.99. The number of aromatic nitrogens is 1. The summed E-state index contributed by atoms with van der Waals surface area (Å²) in [5, 5.41) is 4.83. The smallest absolute Gasteiger partial charge is 0.0963 e. The average molecular weight is 299 g/mol. The van der Waals surface area contributed by atoms with Gasteiger partial charge in [-0.3, -0.25) is 0 Å². The molecule has 1 fully saturated rings. The predicted molar refractivity (Wildman–Crippen MR) is 88.2 cm³/mol. The lowest BCUT2D eigenvalue weighted by Crippen LogP contribution is -2.29. The van der Waals surface area contributed by atoms with Gasteiger partial charge in [0.15, 0.2) is 0 Å². The van der Waals surface area contributed by atoms with E-state index in [1.165, 1.54) is 34.1 Å². The minimum absolute atomic E-state index is 0.687. The van der Waals surface area contributed by atoms with E-state index in [0.717, 1.165) is 32.6 Å². The molecule has 0 amide bonds. The molecule has 4 rings (SSSR count). The van der Waals surface area contributed by atoms with E-state index in [0.29, 0.717) is 5.92 Å². The summed E-state index contributed by atoms with van der Waals surface area (Å²) in [5.74, 6) is 0.687. The molecule has 0 atom stereocenters. The molecule has 1 N–H and O–H groups in total. The third-order valence-corrected chi connectivity index (χ3v) is 5.80. The molecule has 2 aliphatic heterocycles. The minimum Gasteiger partial charge on any atom is -0.366 e. The van der Waals surface area contributed by atoms with Gasteiger partial charge in [-0.15, -0.1) is 11.3 Å². The van der Waals surface area contributed by atoms with Gasteiger partial charge >= 0.3 is 0 Å². The largest absolute Gasteiger partial charge is 0.366 e. The third-order valence-electron chi connectivity index (χ3n) is 4.56. The Bertz CT molecular complexity index is 602. The summed E-state index contributed by atoms with van der Waals surface area (Å²) < 4.78 is 0. The Morgan fingerprint density at radius 3 is 2.76 bits per heavy atom. The average Bonchev–Trinajstić information content (AvgIpc) is 2.99. The number of hydrogen-bond acceptors (Lipinski definition) is 4. The van der Waals surface area contributed by atoms with Crippen molar-refractivity contribution in [3.05, 3.63) is 45.9 Å². The number of nitrogens with one attached hydrogen (secondary N) is 1. The molecular formula is C17H21N3S. The van der Waals surface area contributed by atoms with Gasteiger partial charge < -0.3 is 10.2 Å². The van der Waals surface area contributed by atoms with E-state index in [4.69, 9.17) is 4.98 Å². The Balaban J connectivity index is 1.54. The van der Waals surface area contributed by atoms with E-state index >= 15 is 0 Å². The van der Waals surface area contributed by atoms with Gasteiger partial charge in [0.25, 0.3) is 0 Å². The maximum absolute atomic E-state index is 4.97. The van der Waals surface area contributed by atoms with Crippen LogP contribution < -0.4 is 10.2 Å². The van der Waals surface area contributed by atoms with Gasteiger partial charge in [0.05, 0.1) is 17.2 Å². The number of para-hydroxylation sites is 1. The molecule has 0 aliphatic carbocycles. The van der Waals surface area contributed by atoms with E-state index in [1.54, 1.807) is 0 Å². The molecule has 0 saturated carbocycles. The molecule has 3 heterocycles. The van der Waals surface area contributed by atoms with Gasteiger partial charge in [-0.25, -0.2) is 4.98 Å². The van der Waals surface area contributed by atoms with Crippen LogP contribution in [0.3, 0.4) is 0 Å². The SMILES string of the molecule is c1ccc(N2CCc3nc(C4CCNCC4)sc3C2)cc1. The molecule has 4 heteroatoms. The number of rotatable bonds is 2. The maximum Gasteiger partial charge on any atom is 0.0963 e. The van der Waals surface area contributed by atoms with Crippen LogP contribution in [-0.2, 0) is 13.0 Å². The van der Waals surface area contributed by atoms with Crippen LogP contribution in [0.15, 0.2) is 30.3 Å². The highest BCUT2D eigenvalue weighted by molar-refractivity contribution is 7.11. The quantitative estimate of drug-likeness (QED) is 0.923. The first-order valence-electron chi connectivity index (χ1n) is 7.89. The summed E-state index contributed by atoms with van der Waals surface area (Å²) in [6.07, 6.45) is 3.58. The van der Waals surface area contributed by atoms with Crippen molar-refractivity contribution in [2.45, 2.75) is 31.7 Å². The Hall–Kier alpha value is -1.39. The molecule has 1 aromatic heterocycles. The predicted octanol–water partition coefficient (Wildman–Crippen LogP) is 3.17. The van der Waals surface area contributed by atoms with Crippen molar-refractivity contribution in [1.82, 2.24) is 10.3 Å². The zero-order chi connectivity index (χ0) is 14.1. The zero-order valence-corrected chi connectivity index (χ0v) is 13.0. The highest BCUT2D eigenvalue weighted by atomic mass is 32.1. The number of anilines is 1. The van der Waals surface area contributed by atoms with Crippen molar-refractivity contribution in [1.29, 1.82) is 0 Å². The molecule has 110 valence electrons. The first-order chi connectivity index (χ1) is 10.4. The van der Waals surface area contributed by atoms with Crippen LogP contribution in [0.1, 0.15) is 34.3 Å². The van der Waals surface area contributed by atoms with Crippen LogP contribution in [0.25, 0.3) is 0 Å². The molecule has 21 heavy (non-hydrogen) atoms. The van der Waals surface area contributed by atoms with E-state index in [-0.39, 0.29) is 0 Å². The van der Waals surface area contributed by atoms with E-state index in [2.05, 4.69) is 40.5 Å². The van der Waals surface area contributed by atoms with Crippen LogP contribution in [0, 0.1) is 0 Å². The van der Waals surface area contributed by atoms with Crippen molar-refractivity contribution < 1.29 is 0 Å². The fourth-order valence-corrected chi connectivity index (χ4v) is 4.61. The van der Waals surface area contributed by atoms with Crippen LogP contribution in [0.5, 0.6) is 0 Å². The van der Waals surface area contributed by atoms with Crippen LogP contribution in [0.4, 0.5) is 5.69 Å². The fraction of sp³-hybridized carbons (Fsp3) is 0.471. The Morgan fingerprint density at radius 2 is 1.95 bits per heavy atom. The van der Waals surface area contributed by atoms with Crippen LogP contribution in [0.2, 0.25) is 0 Å². The van der Waals surface area contributed by atoms with Crippen molar-refractivity contribution >= 4 is 17.0 Å². The second kappa shape index (κ2) is 5.78. The van der Waals surface area contributed by atoms with E-state index in [9.17, 15) is 0 Å². The molecule has 0 radical (unpaired) electrons. The highest BCUT2D eigenvalue weighted by Crippen LogP contribution is 2.34. The van der Waals surface area contributed by atoms with Crippen molar-refractivity contribution in [2.75, 3.05) is 24.5 Å². The van der Waals surface area contributed by atoms with E-state index in [1.807, 2.05) is 11.3 Å². The van der Waals surface area contributed by atoms with Gasteiger partial charge in [-0.1, -0.05) is 18.2 Å². The molecule has 2 aromatic rings. The molecule has 1 saturated heterocycles. The molecule has 0 unspecified atom stereocenters. The number of piperidine rings is 1. The lowest BCUT2D eigenvalue weighted by molar-refractivity contribution is 0.458. The van der Waals surface area contributed by atoms with Gasteiger partial charge in [-0.05, 0) is 38.1 Å². The standard InChI is InChI=1S/C17H21N3S/c1-2-4-14(5-3-1)20-11-8-15-16(12-20)21-17(19-15)13-6-9-18-10-7-13/h1-5,13,18H,6-12H2. The molecule has 2 aliphatic rings. The monoisotopic (exact) mass is 299 g/mol. The summed E-state index contributed by atoms with van der Waals surface area (Å²) in [6.45, 7) is 4.41. The number of thiazole rings is 1. The fourth-order valence-electron chi connectivity index (χ4n) is 3.32. The molecule has 3 nitrogen and oxygen atoms in total. The Kier molecular flexibility index (Phi) is 3.65. The first kappa shape index (κ1) is 13.3. The number of hydrogen-bond donors (Lipinski definition) is 1. The number of benzene rings is 1. The summed E-state index contributed by atoms with van der Waals surface area (Å²) in [7, 11) is 0. The molecule has 0 spiro atoms. The normalized spacial score (nSPS) is 19.5. The number of nitrogens with zero attached hydrogens (tertiary/aromatic N) is 2. The Morgan fingerprint density at radius 1 is 1.14 bits per heavy atom. The van der Waals surface area contributed by atoms with Gasteiger partial charge in [0.1, 0.15) is 0 Å². The topological polar surface area (TPSA) is 28.2 Å². The third kappa shape index (κ3) is 2.70.